The Balaban J connectivity index is 1.53. The molecule has 0 fully saturated rings. The largest absolute Gasteiger partial charge is 0.450 e. The van der Waals surface area contributed by atoms with E-state index >= 15 is 0 Å². The summed E-state index contributed by atoms with van der Waals surface area (Å²) in [5.74, 6) is -0.152. The van der Waals surface area contributed by atoms with Gasteiger partial charge in [-0.1, -0.05) is 28.1 Å². The van der Waals surface area contributed by atoms with E-state index in [-0.39, 0.29) is 17.2 Å². The molecule has 0 saturated carbocycles. The van der Waals surface area contributed by atoms with Gasteiger partial charge in [0.2, 0.25) is 0 Å². The number of carbonyl (C=O) groups excluding carboxylic acids is 1. The molecule has 1 aliphatic rings. The monoisotopic (exact) mass is 591 g/mol. The molecule has 4 rings (SSSR count). The summed E-state index contributed by atoms with van der Waals surface area (Å²) in [5, 5.41) is 5.01. The summed E-state index contributed by atoms with van der Waals surface area (Å²) in [6, 6.07) is 11.8. The standard InChI is InChI=1S/C24H23BrIN3O2/c1-5-29-20-7-6-15(8-18(20)14(2)12-24(29,3)4)13-27-28-23(30)21-10-16-9-17(25)11-19(26)22(16)31-21/h6-13H,5H2,1-4H3,(H,28,30)/b27-13-. The van der Waals surface area contributed by atoms with E-state index in [9.17, 15) is 4.79 Å². The van der Waals surface area contributed by atoms with Gasteiger partial charge in [0.25, 0.3) is 0 Å². The van der Waals surface area contributed by atoms with E-state index in [0.717, 1.165) is 25.5 Å². The summed E-state index contributed by atoms with van der Waals surface area (Å²) in [4.78, 5) is 14.9. The zero-order valence-electron chi connectivity index (χ0n) is 17.8. The van der Waals surface area contributed by atoms with Crippen LogP contribution in [0.2, 0.25) is 0 Å². The van der Waals surface area contributed by atoms with Crippen LogP contribution >= 0.6 is 38.5 Å². The third-order valence-electron chi connectivity index (χ3n) is 5.46. The number of allylic oxidation sites excluding steroid dienone is 1. The molecule has 0 aliphatic carbocycles. The zero-order valence-corrected chi connectivity index (χ0v) is 21.5. The lowest BCUT2D eigenvalue weighted by molar-refractivity contribution is 0.0929. The Labute approximate surface area is 203 Å². The van der Waals surface area contributed by atoms with Gasteiger partial charge in [-0.25, -0.2) is 5.43 Å². The predicted octanol–water partition coefficient (Wildman–Crippen LogP) is 6.59. The van der Waals surface area contributed by atoms with Gasteiger partial charge in [0.05, 0.1) is 15.3 Å². The molecule has 0 bridgehead atoms. The first-order valence-corrected chi connectivity index (χ1v) is 11.9. The Morgan fingerprint density at radius 1 is 1.29 bits per heavy atom. The smallest absolute Gasteiger partial charge is 0.307 e. The van der Waals surface area contributed by atoms with Gasteiger partial charge in [-0.2, -0.15) is 5.10 Å². The van der Waals surface area contributed by atoms with Crippen molar-refractivity contribution in [3.8, 4) is 0 Å². The lowest BCUT2D eigenvalue weighted by atomic mass is 9.88. The van der Waals surface area contributed by atoms with Crippen molar-refractivity contribution >= 4 is 72.9 Å². The van der Waals surface area contributed by atoms with Crippen LogP contribution in [0.4, 0.5) is 5.69 Å². The van der Waals surface area contributed by atoms with Gasteiger partial charge < -0.3 is 9.32 Å². The number of hydrogen-bond donors (Lipinski definition) is 1. The average molecular weight is 592 g/mol. The Kier molecular flexibility index (Phi) is 6.00. The highest BCUT2D eigenvalue weighted by Crippen LogP contribution is 2.38. The van der Waals surface area contributed by atoms with Gasteiger partial charge in [-0.3, -0.25) is 4.79 Å². The van der Waals surface area contributed by atoms with Gasteiger partial charge in [0.1, 0.15) is 5.58 Å². The van der Waals surface area contributed by atoms with E-state index < -0.39 is 0 Å². The molecule has 0 unspecified atom stereocenters. The molecular weight excluding hydrogens is 569 g/mol. The zero-order chi connectivity index (χ0) is 22.3. The number of hydrogen-bond acceptors (Lipinski definition) is 4. The molecule has 3 aromatic rings. The van der Waals surface area contributed by atoms with Crippen LogP contribution in [0.25, 0.3) is 16.5 Å². The topological polar surface area (TPSA) is 57.8 Å². The molecular formula is C24H23BrIN3O2. The number of nitrogens with one attached hydrogen (secondary N) is 1. The highest BCUT2D eigenvalue weighted by Gasteiger charge is 2.29. The lowest BCUT2D eigenvalue weighted by Crippen LogP contribution is -2.44. The average Bonchev–Trinajstić information content (AvgIpc) is 3.12. The molecule has 2 aromatic carbocycles. The molecule has 2 heterocycles. The minimum Gasteiger partial charge on any atom is -0.450 e. The quantitative estimate of drug-likeness (QED) is 0.212. The lowest BCUT2D eigenvalue weighted by Gasteiger charge is -2.42. The van der Waals surface area contributed by atoms with Crippen molar-refractivity contribution in [2.75, 3.05) is 11.4 Å². The third-order valence-corrected chi connectivity index (χ3v) is 6.72. The van der Waals surface area contributed by atoms with Gasteiger partial charge in [0, 0.05) is 27.7 Å². The number of carbonyl (C=O) groups is 1. The number of nitrogens with zero attached hydrogens (tertiary/aromatic N) is 2. The highest BCUT2D eigenvalue weighted by atomic mass is 127. The van der Waals surface area contributed by atoms with Crippen molar-refractivity contribution in [1.82, 2.24) is 5.43 Å². The first-order chi connectivity index (χ1) is 14.7. The molecule has 0 atom stereocenters. The summed E-state index contributed by atoms with van der Waals surface area (Å²) in [5.41, 5.74) is 7.81. The van der Waals surface area contributed by atoms with Crippen LogP contribution < -0.4 is 10.3 Å². The molecule has 31 heavy (non-hydrogen) atoms. The molecule has 0 saturated heterocycles. The normalized spacial score (nSPS) is 15.3. The Hall–Kier alpha value is -2.13. The number of benzene rings is 2. The van der Waals surface area contributed by atoms with Gasteiger partial charge >= 0.3 is 5.91 Å². The molecule has 160 valence electrons. The van der Waals surface area contributed by atoms with E-state index in [1.54, 1.807) is 12.3 Å². The molecule has 1 amide bonds. The number of anilines is 1. The van der Waals surface area contributed by atoms with E-state index in [0.29, 0.717) is 5.58 Å². The summed E-state index contributed by atoms with van der Waals surface area (Å²) < 4.78 is 7.60. The summed E-state index contributed by atoms with van der Waals surface area (Å²) in [7, 11) is 0. The van der Waals surface area contributed by atoms with Crippen molar-refractivity contribution in [3.05, 3.63) is 67.4 Å². The Morgan fingerprint density at radius 2 is 2.06 bits per heavy atom. The maximum atomic E-state index is 12.5. The van der Waals surface area contributed by atoms with Gasteiger partial charge in [0.15, 0.2) is 5.76 Å². The highest BCUT2D eigenvalue weighted by molar-refractivity contribution is 14.1. The van der Waals surface area contributed by atoms with Crippen LogP contribution in [-0.2, 0) is 0 Å². The first-order valence-electron chi connectivity index (χ1n) is 10.0. The number of furan rings is 1. The number of likely N-dealkylation sites (N-methyl/N-ethyl adjacent to an activating group) is 1. The minimum atomic E-state index is -0.382. The molecule has 1 aliphatic heterocycles. The minimum absolute atomic E-state index is 0.0185. The van der Waals surface area contributed by atoms with Crippen LogP contribution in [0.5, 0.6) is 0 Å². The third kappa shape index (κ3) is 4.30. The van der Waals surface area contributed by atoms with Gasteiger partial charge in [-0.05, 0) is 91.8 Å². The summed E-state index contributed by atoms with van der Waals surface area (Å²) in [6.07, 6.45) is 3.95. The fraction of sp³-hybridized carbons (Fsp3) is 0.250. The maximum absolute atomic E-state index is 12.5. The maximum Gasteiger partial charge on any atom is 0.307 e. The summed E-state index contributed by atoms with van der Waals surface area (Å²) >= 11 is 5.65. The Bertz CT molecular complexity index is 1240. The van der Waals surface area contributed by atoms with Gasteiger partial charge in [-0.15, -0.1) is 0 Å². The number of rotatable bonds is 4. The van der Waals surface area contributed by atoms with Crippen molar-refractivity contribution in [1.29, 1.82) is 0 Å². The molecule has 1 aromatic heterocycles. The molecule has 5 nitrogen and oxygen atoms in total. The summed E-state index contributed by atoms with van der Waals surface area (Å²) in [6.45, 7) is 9.69. The van der Waals surface area contributed by atoms with Crippen LogP contribution in [0.3, 0.4) is 0 Å². The van der Waals surface area contributed by atoms with Crippen molar-refractivity contribution < 1.29 is 9.21 Å². The van der Waals surface area contributed by atoms with Crippen molar-refractivity contribution in [2.45, 2.75) is 33.2 Å². The number of halogens is 2. The number of amides is 1. The second-order valence-electron chi connectivity index (χ2n) is 8.12. The van der Waals surface area contributed by atoms with E-state index in [4.69, 9.17) is 4.42 Å². The van der Waals surface area contributed by atoms with Crippen LogP contribution in [0.1, 0.15) is 49.4 Å². The van der Waals surface area contributed by atoms with Crippen molar-refractivity contribution in [3.63, 3.8) is 0 Å². The van der Waals surface area contributed by atoms with Crippen LogP contribution in [-0.4, -0.2) is 24.2 Å². The SMILES string of the molecule is CCN1c2ccc(/C=N\NC(=O)c3cc4cc(Br)cc(I)c4o3)cc2C(C)=CC1(C)C. The molecule has 1 N–H and O–H groups in total. The van der Waals surface area contributed by atoms with Crippen molar-refractivity contribution in [2.24, 2.45) is 5.10 Å². The molecule has 7 heteroatoms. The van der Waals surface area contributed by atoms with Crippen LogP contribution in [0.15, 0.2) is 56.5 Å². The molecule has 0 radical (unpaired) electrons. The molecule has 0 spiro atoms. The van der Waals surface area contributed by atoms with E-state index in [1.165, 1.54) is 16.8 Å². The second kappa shape index (κ2) is 8.43. The van der Waals surface area contributed by atoms with Crippen LogP contribution in [0, 0.1) is 3.57 Å². The Morgan fingerprint density at radius 3 is 2.81 bits per heavy atom. The van der Waals surface area contributed by atoms with E-state index in [1.807, 2.05) is 18.2 Å². The fourth-order valence-electron chi connectivity index (χ4n) is 4.17. The van der Waals surface area contributed by atoms with E-state index in [2.05, 4.69) is 99.9 Å². The number of hydrazone groups is 1. The second-order valence-corrected chi connectivity index (χ2v) is 10.2. The predicted molar refractivity (Wildman–Crippen MR) is 139 cm³/mol. The first kappa shape index (κ1) is 22.1. The number of fused-ring (bicyclic) bond motifs is 2. The fourth-order valence-corrected chi connectivity index (χ4v) is 5.83.